The predicted octanol–water partition coefficient (Wildman–Crippen LogP) is 1.12. The fraction of sp³-hybridized carbons (Fsp3) is 0.632. The first-order chi connectivity index (χ1) is 13.4. The van der Waals surface area contributed by atoms with Gasteiger partial charge in [0, 0.05) is 38.8 Å². The first-order valence-electron chi connectivity index (χ1n) is 9.52. The highest BCUT2D eigenvalue weighted by Crippen LogP contribution is 2.19. The number of hydrogen-bond donors (Lipinski definition) is 3. The molecule has 1 aromatic rings. The monoisotopic (exact) mass is 399 g/mol. The molecule has 0 amide bonds. The molecule has 1 saturated heterocycles. The van der Waals surface area contributed by atoms with Crippen LogP contribution in [0.5, 0.6) is 5.75 Å². The molecule has 2 rings (SSSR count). The number of piperazine rings is 1. The summed E-state index contributed by atoms with van der Waals surface area (Å²) in [5.41, 5.74) is 0.592. The topological polar surface area (TPSA) is 72.4 Å². The number of aliphatic hydroxyl groups is 1. The van der Waals surface area contributed by atoms with Gasteiger partial charge in [0.1, 0.15) is 5.75 Å². The van der Waals surface area contributed by atoms with Crippen LogP contribution in [0.1, 0.15) is 18.6 Å². The maximum absolute atomic E-state index is 12.2. The predicted molar refractivity (Wildman–Crippen MR) is 106 cm³/mol. The third kappa shape index (κ3) is 7.21. The Hall–Kier alpha value is -1.97. The second-order valence-corrected chi connectivity index (χ2v) is 6.96. The number of aliphatic imine (C=N–C) groups is 1. The molecule has 0 spiro atoms. The highest BCUT2D eigenvalue weighted by Gasteiger charge is 2.22. The molecule has 1 aromatic carbocycles. The Balaban J connectivity index is 1.90. The van der Waals surface area contributed by atoms with E-state index in [0.717, 1.165) is 26.2 Å². The number of halogens is 2. The Morgan fingerprint density at radius 1 is 1.25 bits per heavy atom. The number of benzene rings is 1. The average molecular weight is 399 g/mol. The number of likely N-dealkylation sites (N-methyl/N-ethyl adjacent to an activating group) is 2. The second-order valence-electron chi connectivity index (χ2n) is 6.96. The van der Waals surface area contributed by atoms with Crippen molar-refractivity contribution in [2.75, 3.05) is 53.4 Å². The fourth-order valence-corrected chi connectivity index (χ4v) is 3.03. The summed E-state index contributed by atoms with van der Waals surface area (Å²) in [6.45, 7) is 3.82. The lowest BCUT2D eigenvalue weighted by Crippen LogP contribution is -2.55. The van der Waals surface area contributed by atoms with Crippen molar-refractivity contribution in [1.29, 1.82) is 0 Å². The lowest BCUT2D eigenvalue weighted by Gasteiger charge is -2.37. The van der Waals surface area contributed by atoms with E-state index >= 15 is 0 Å². The van der Waals surface area contributed by atoms with Gasteiger partial charge in [-0.2, -0.15) is 8.78 Å². The van der Waals surface area contributed by atoms with E-state index in [1.54, 1.807) is 12.1 Å². The molecule has 0 radical (unpaired) electrons. The molecule has 0 aromatic heterocycles. The summed E-state index contributed by atoms with van der Waals surface area (Å²) in [4.78, 5) is 9.09. The van der Waals surface area contributed by atoms with E-state index in [9.17, 15) is 13.9 Å². The fourth-order valence-electron chi connectivity index (χ4n) is 3.03. The minimum absolute atomic E-state index is 0.0611. The smallest absolute Gasteiger partial charge is 0.387 e. The van der Waals surface area contributed by atoms with Crippen molar-refractivity contribution in [1.82, 2.24) is 20.4 Å². The van der Waals surface area contributed by atoms with Crippen LogP contribution < -0.4 is 15.4 Å². The van der Waals surface area contributed by atoms with Crippen LogP contribution in [0.2, 0.25) is 0 Å². The van der Waals surface area contributed by atoms with Crippen LogP contribution in [-0.2, 0) is 0 Å². The third-order valence-electron chi connectivity index (χ3n) is 4.74. The second kappa shape index (κ2) is 11.1. The summed E-state index contributed by atoms with van der Waals surface area (Å²) in [5, 5.41) is 16.9. The van der Waals surface area contributed by atoms with E-state index in [1.807, 2.05) is 6.92 Å². The van der Waals surface area contributed by atoms with Crippen LogP contribution in [-0.4, -0.2) is 86.9 Å². The Kier molecular flexibility index (Phi) is 8.88. The van der Waals surface area contributed by atoms with Gasteiger partial charge < -0.3 is 25.4 Å². The van der Waals surface area contributed by atoms with Gasteiger partial charge in [0.05, 0.1) is 12.6 Å². The maximum Gasteiger partial charge on any atom is 0.387 e. The first kappa shape index (κ1) is 22.3. The molecular weight excluding hydrogens is 368 g/mol. The molecule has 0 bridgehead atoms. The number of nitrogens with one attached hydrogen (secondary N) is 2. The van der Waals surface area contributed by atoms with E-state index in [0.29, 0.717) is 24.1 Å². The highest BCUT2D eigenvalue weighted by molar-refractivity contribution is 5.79. The normalized spacial score (nSPS) is 20.2. The number of guanidine groups is 1. The van der Waals surface area contributed by atoms with Gasteiger partial charge in [0.25, 0.3) is 0 Å². The Bertz CT molecular complexity index is 615. The molecule has 1 heterocycles. The molecule has 1 aliphatic rings. The quantitative estimate of drug-likeness (QED) is 0.450. The van der Waals surface area contributed by atoms with Gasteiger partial charge >= 0.3 is 6.61 Å². The Morgan fingerprint density at radius 2 is 1.96 bits per heavy atom. The summed E-state index contributed by atoms with van der Waals surface area (Å²) in [7, 11) is 4.24. The number of ether oxygens (including phenoxy) is 1. The first-order valence-corrected chi connectivity index (χ1v) is 9.52. The van der Waals surface area contributed by atoms with Crippen molar-refractivity contribution >= 4 is 5.96 Å². The van der Waals surface area contributed by atoms with Gasteiger partial charge in [-0.15, -0.1) is 0 Å². The largest absolute Gasteiger partial charge is 0.435 e. The summed E-state index contributed by atoms with van der Waals surface area (Å²) < 4.78 is 28.7. The standard InChI is InChI=1S/C19H31F2N5O2/c1-4-22-19(23-11-15-13-25(2)9-10-26(15)3)24-12-17(27)14-5-7-16(8-6-14)28-18(20)21/h5-8,15,17-18,27H,4,9-13H2,1-3H3,(H2,22,23,24). The van der Waals surface area contributed by atoms with Crippen molar-refractivity contribution in [2.24, 2.45) is 4.99 Å². The average Bonchev–Trinajstić information content (AvgIpc) is 2.66. The molecule has 2 unspecified atom stereocenters. The van der Waals surface area contributed by atoms with Crippen LogP contribution in [0.3, 0.4) is 0 Å². The summed E-state index contributed by atoms with van der Waals surface area (Å²) in [6, 6.07) is 6.33. The number of nitrogens with zero attached hydrogens (tertiary/aromatic N) is 3. The van der Waals surface area contributed by atoms with Crippen molar-refractivity contribution < 1.29 is 18.6 Å². The van der Waals surface area contributed by atoms with Crippen molar-refractivity contribution in [3.8, 4) is 5.75 Å². The highest BCUT2D eigenvalue weighted by atomic mass is 19.3. The third-order valence-corrected chi connectivity index (χ3v) is 4.74. The zero-order chi connectivity index (χ0) is 20.5. The van der Waals surface area contributed by atoms with Crippen LogP contribution in [0.15, 0.2) is 29.3 Å². The molecule has 3 N–H and O–H groups in total. The van der Waals surface area contributed by atoms with Gasteiger partial charge in [-0.05, 0) is 38.7 Å². The van der Waals surface area contributed by atoms with Crippen LogP contribution in [0.25, 0.3) is 0 Å². The SMILES string of the molecule is CCNC(=NCC(O)c1ccc(OC(F)F)cc1)NCC1CN(C)CCN1C. The van der Waals surface area contributed by atoms with Crippen molar-refractivity contribution in [3.63, 3.8) is 0 Å². The summed E-state index contributed by atoms with van der Waals surface area (Å²) in [6.07, 6.45) is -0.834. The molecule has 0 saturated carbocycles. The van der Waals surface area contributed by atoms with E-state index < -0.39 is 12.7 Å². The molecule has 7 nitrogen and oxygen atoms in total. The van der Waals surface area contributed by atoms with Crippen LogP contribution >= 0.6 is 0 Å². The summed E-state index contributed by atoms with van der Waals surface area (Å²) in [5.74, 6) is 0.701. The molecule has 0 aliphatic carbocycles. The van der Waals surface area contributed by atoms with Gasteiger partial charge in [0.15, 0.2) is 5.96 Å². The maximum atomic E-state index is 12.2. The number of hydrogen-bond acceptors (Lipinski definition) is 5. The minimum Gasteiger partial charge on any atom is -0.435 e. The lowest BCUT2D eigenvalue weighted by molar-refractivity contribution is -0.0498. The molecule has 28 heavy (non-hydrogen) atoms. The Morgan fingerprint density at radius 3 is 2.61 bits per heavy atom. The number of alkyl halides is 2. The molecule has 9 heteroatoms. The molecule has 2 atom stereocenters. The van der Waals surface area contributed by atoms with E-state index in [-0.39, 0.29) is 12.3 Å². The lowest BCUT2D eigenvalue weighted by atomic mass is 10.1. The van der Waals surface area contributed by atoms with Crippen LogP contribution in [0.4, 0.5) is 8.78 Å². The molecule has 1 fully saturated rings. The Labute approximate surface area is 165 Å². The van der Waals surface area contributed by atoms with E-state index in [4.69, 9.17) is 0 Å². The zero-order valence-electron chi connectivity index (χ0n) is 16.7. The van der Waals surface area contributed by atoms with E-state index in [2.05, 4.69) is 44.3 Å². The minimum atomic E-state index is -2.86. The van der Waals surface area contributed by atoms with Gasteiger partial charge in [-0.3, -0.25) is 9.89 Å². The molecule has 158 valence electrons. The number of rotatable bonds is 8. The van der Waals surface area contributed by atoms with Crippen LogP contribution in [0, 0.1) is 0 Å². The molecular formula is C19H31F2N5O2. The van der Waals surface area contributed by atoms with E-state index in [1.165, 1.54) is 12.1 Å². The van der Waals surface area contributed by atoms with Gasteiger partial charge in [0.2, 0.25) is 0 Å². The van der Waals surface area contributed by atoms with Gasteiger partial charge in [-0.1, -0.05) is 12.1 Å². The van der Waals surface area contributed by atoms with Gasteiger partial charge in [-0.25, -0.2) is 0 Å². The molecule has 1 aliphatic heterocycles. The summed E-state index contributed by atoms with van der Waals surface area (Å²) >= 11 is 0. The number of aliphatic hydroxyl groups excluding tert-OH is 1. The van der Waals surface area contributed by atoms with Crippen molar-refractivity contribution in [2.45, 2.75) is 25.7 Å². The zero-order valence-corrected chi connectivity index (χ0v) is 16.7. The van der Waals surface area contributed by atoms with Crippen molar-refractivity contribution in [3.05, 3.63) is 29.8 Å².